The van der Waals surface area contributed by atoms with E-state index in [1.165, 1.54) is 18.4 Å². The minimum absolute atomic E-state index is 0.704. The molecule has 2 nitrogen and oxygen atoms in total. The lowest BCUT2D eigenvalue weighted by Crippen LogP contribution is -2.31. The quantitative estimate of drug-likeness (QED) is 0.859. The Bertz CT molecular complexity index is 403. The van der Waals surface area contributed by atoms with E-state index in [9.17, 15) is 0 Å². The van der Waals surface area contributed by atoms with Crippen LogP contribution >= 0.6 is 23.2 Å². The van der Waals surface area contributed by atoms with Crippen LogP contribution in [0, 0.1) is 5.92 Å². The molecular formula is C15H22Cl2N2. The third-order valence-electron chi connectivity index (χ3n) is 3.63. The molecular weight excluding hydrogens is 279 g/mol. The predicted molar refractivity (Wildman–Crippen MR) is 83.0 cm³/mol. The lowest BCUT2D eigenvalue weighted by Gasteiger charge is -2.25. The maximum atomic E-state index is 6.27. The molecule has 1 aliphatic heterocycles. The standard InChI is InChI=1S/C15H22Cl2N2/c1-2-7-19(10-12-5-6-18-9-12)11-13-3-4-14(16)8-15(13)17/h3-4,8,12,18H,2,5-7,9-11H2,1H3/t12-/m0/s1. The van der Waals surface area contributed by atoms with E-state index in [4.69, 9.17) is 23.2 Å². The van der Waals surface area contributed by atoms with Crippen molar-refractivity contribution in [3.8, 4) is 0 Å². The summed E-state index contributed by atoms with van der Waals surface area (Å²) < 4.78 is 0. The Balaban J connectivity index is 1.98. The highest BCUT2D eigenvalue weighted by Gasteiger charge is 2.18. The van der Waals surface area contributed by atoms with Crippen LogP contribution in [0.25, 0.3) is 0 Å². The van der Waals surface area contributed by atoms with Crippen molar-refractivity contribution in [3.63, 3.8) is 0 Å². The van der Waals surface area contributed by atoms with Crippen LogP contribution in [0.5, 0.6) is 0 Å². The first-order valence-corrected chi connectivity index (χ1v) is 7.81. The molecule has 1 aliphatic rings. The zero-order valence-corrected chi connectivity index (χ0v) is 13.0. The van der Waals surface area contributed by atoms with Gasteiger partial charge < -0.3 is 5.32 Å². The second kappa shape index (κ2) is 7.49. The first-order chi connectivity index (χ1) is 9.19. The average molecular weight is 301 g/mol. The highest BCUT2D eigenvalue weighted by molar-refractivity contribution is 6.35. The summed E-state index contributed by atoms with van der Waals surface area (Å²) in [5, 5.41) is 4.91. The Kier molecular flexibility index (Phi) is 5.96. The molecule has 1 atom stereocenters. The summed E-state index contributed by atoms with van der Waals surface area (Å²) in [4.78, 5) is 2.51. The second-order valence-electron chi connectivity index (χ2n) is 5.33. The summed E-state index contributed by atoms with van der Waals surface area (Å²) >= 11 is 12.2. The smallest absolute Gasteiger partial charge is 0.0465 e. The normalized spacial score (nSPS) is 19.3. The zero-order chi connectivity index (χ0) is 13.7. The molecule has 106 valence electrons. The second-order valence-corrected chi connectivity index (χ2v) is 6.17. The SMILES string of the molecule is CCCN(Cc1ccc(Cl)cc1Cl)C[C@H]1CCNC1. The van der Waals surface area contributed by atoms with Gasteiger partial charge in [0.2, 0.25) is 0 Å². The summed E-state index contributed by atoms with van der Waals surface area (Å²) in [7, 11) is 0. The average Bonchev–Trinajstić information content (AvgIpc) is 2.86. The van der Waals surface area contributed by atoms with Crippen LogP contribution in [-0.2, 0) is 6.54 Å². The van der Waals surface area contributed by atoms with E-state index >= 15 is 0 Å². The number of nitrogens with one attached hydrogen (secondary N) is 1. The lowest BCUT2D eigenvalue weighted by atomic mass is 10.1. The third kappa shape index (κ3) is 4.64. The van der Waals surface area contributed by atoms with Gasteiger partial charge in [0.05, 0.1) is 0 Å². The van der Waals surface area contributed by atoms with Gasteiger partial charge in [-0.15, -0.1) is 0 Å². The number of rotatable bonds is 6. The summed E-state index contributed by atoms with van der Waals surface area (Å²) in [5.74, 6) is 0.776. The minimum Gasteiger partial charge on any atom is -0.316 e. The highest BCUT2D eigenvalue weighted by Crippen LogP contribution is 2.23. The highest BCUT2D eigenvalue weighted by atomic mass is 35.5. The van der Waals surface area contributed by atoms with Gasteiger partial charge >= 0.3 is 0 Å². The topological polar surface area (TPSA) is 15.3 Å². The number of benzene rings is 1. The molecule has 2 rings (SSSR count). The van der Waals surface area contributed by atoms with Gasteiger partial charge in [-0.1, -0.05) is 36.2 Å². The Morgan fingerprint density at radius 3 is 2.84 bits per heavy atom. The van der Waals surface area contributed by atoms with Gasteiger partial charge in [-0.2, -0.15) is 0 Å². The Morgan fingerprint density at radius 2 is 2.21 bits per heavy atom. The van der Waals surface area contributed by atoms with Crippen molar-refractivity contribution in [1.29, 1.82) is 0 Å². The first kappa shape index (κ1) is 15.1. The molecule has 0 unspecified atom stereocenters. The van der Waals surface area contributed by atoms with E-state index in [-0.39, 0.29) is 0 Å². The predicted octanol–water partition coefficient (Wildman–Crippen LogP) is 3.81. The van der Waals surface area contributed by atoms with Crippen molar-refractivity contribution in [1.82, 2.24) is 10.2 Å². The van der Waals surface area contributed by atoms with Crippen LogP contribution in [-0.4, -0.2) is 31.1 Å². The van der Waals surface area contributed by atoms with Crippen LogP contribution in [0.4, 0.5) is 0 Å². The number of hydrogen-bond donors (Lipinski definition) is 1. The van der Waals surface area contributed by atoms with Gasteiger partial charge in [-0.3, -0.25) is 4.90 Å². The van der Waals surface area contributed by atoms with Crippen LogP contribution in [0.15, 0.2) is 18.2 Å². The fourth-order valence-electron chi connectivity index (χ4n) is 2.68. The largest absolute Gasteiger partial charge is 0.316 e. The molecule has 0 radical (unpaired) electrons. The molecule has 0 amide bonds. The molecule has 0 spiro atoms. The molecule has 1 aromatic rings. The van der Waals surface area contributed by atoms with Crippen molar-refractivity contribution in [2.24, 2.45) is 5.92 Å². The van der Waals surface area contributed by atoms with Gasteiger partial charge in [0.25, 0.3) is 0 Å². The zero-order valence-electron chi connectivity index (χ0n) is 11.5. The Hall–Kier alpha value is -0.280. The van der Waals surface area contributed by atoms with Crippen LogP contribution < -0.4 is 5.32 Å². The van der Waals surface area contributed by atoms with Gasteiger partial charge in [-0.05, 0) is 56.1 Å². The summed E-state index contributed by atoms with van der Waals surface area (Å²) in [5.41, 5.74) is 1.17. The van der Waals surface area contributed by atoms with Gasteiger partial charge in [0, 0.05) is 23.1 Å². The molecule has 19 heavy (non-hydrogen) atoms. The fourth-order valence-corrected chi connectivity index (χ4v) is 3.15. The number of nitrogens with zero attached hydrogens (tertiary/aromatic N) is 1. The van der Waals surface area contributed by atoms with Gasteiger partial charge in [0.1, 0.15) is 0 Å². The van der Waals surface area contributed by atoms with Crippen molar-refractivity contribution in [3.05, 3.63) is 33.8 Å². The molecule has 0 aliphatic carbocycles. The molecule has 1 N–H and O–H groups in total. The van der Waals surface area contributed by atoms with Crippen LogP contribution in [0.1, 0.15) is 25.3 Å². The van der Waals surface area contributed by atoms with E-state index in [1.807, 2.05) is 18.2 Å². The monoisotopic (exact) mass is 300 g/mol. The Morgan fingerprint density at radius 1 is 1.37 bits per heavy atom. The van der Waals surface area contributed by atoms with E-state index in [2.05, 4.69) is 17.1 Å². The van der Waals surface area contributed by atoms with Crippen molar-refractivity contribution in [2.75, 3.05) is 26.2 Å². The molecule has 4 heteroatoms. The molecule has 1 fully saturated rings. The van der Waals surface area contributed by atoms with E-state index in [1.54, 1.807) is 0 Å². The summed E-state index contributed by atoms with van der Waals surface area (Å²) in [6, 6.07) is 5.80. The van der Waals surface area contributed by atoms with E-state index in [0.29, 0.717) is 5.02 Å². The van der Waals surface area contributed by atoms with Gasteiger partial charge in [0.15, 0.2) is 0 Å². The first-order valence-electron chi connectivity index (χ1n) is 7.06. The van der Waals surface area contributed by atoms with E-state index < -0.39 is 0 Å². The lowest BCUT2D eigenvalue weighted by molar-refractivity contribution is 0.229. The minimum atomic E-state index is 0.704. The fraction of sp³-hybridized carbons (Fsp3) is 0.600. The molecule has 0 bridgehead atoms. The molecule has 1 aromatic carbocycles. The summed E-state index contributed by atoms with van der Waals surface area (Å²) in [6.07, 6.45) is 2.46. The summed E-state index contributed by atoms with van der Waals surface area (Å²) in [6.45, 7) is 7.72. The Labute approximate surface area is 126 Å². The molecule has 0 aromatic heterocycles. The number of hydrogen-bond acceptors (Lipinski definition) is 2. The third-order valence-corrected chi connectivity index (χ3v) is 4.21. The van der Waals surface area contributed by atoms with Gasteiger partial charge in [-0.25, -0.2) is 0 Å². The van der Waals surface area contributed by atoms with Crippen molar-refractivity contribution in [2.45, 2.75) is 26.3 Å². The maximum Gasteiger partial charge on any atom is 0.0465 e. The number of halogens is 2. The molecule has 0 saturated carbocycles. The molecule has 1 saturated heterocycles. The van der Waals surface area contributed by atoms with Crippen molar-refractivity contribution >= 4 is 23.2 Å². The van der Waals surface area contributed by atoms with Crippen molar-refractivity contribution < 1.29 is 0 Å². The van der Waals surface area contributed by atoms with Crippen LogP contribution in [0.3, 0.4) is 0 Å². The maximum absolute atomic E-state index is 6.27. The molecule has 1 heterocycles. The van der Waals surface area contributed by atoms with E-state index in [0.717, 1.165) is 43.7 Å². The van der Waals surface area contributed by atoms with Crippen LogP contribution in [0.2, 0.25) is 10.0 Å².